The lowest BCUT2D eigenvalue weighted by Gasteiger charge is -1.98. The first-order chi connectivity index (χ1) is 10.3. The number of nitrogens with zero attached hydrogens (tertiary/aromatic N) is 3. The van der Waals surface area contributed by atoms with Crippen LogP contribution in [0.15, 0.2) is 38.0 Å². The Kier molecular flexibility index (Phi) is 2.85. The van der Waals surface area contributed by atoms with Gasteiger partial charge in [0.25, 0.3) is 0 Å². The van der Waals surface area contributed by atoms with E-state index >= 15 is 0 Å². The summed E-state index contributed by atoms with van der Waals surface area (Å²) in [6.45, 7) is 1.55. The van der Waals surface area contributed by atoms with Crippen LogP contribution in [0.2, 0.25) is 0 Å². The number of rotatable bonds is 3. The normalized spacial score (nSPS) is 18.6. The van der Waals surface area contributed by atoms with Crippen molar-refractivity contribution in [2.45, 2.75) is 18.9 Å². The van der Waals surface area contributed by atoms with Crippen LogP contribution in [-0.4, -0.2) is 27.9 Å². The Morgan fingerprint density at radius 1 is 1.33 bits per heavy atom. The summed E-state index contributed by atoms with van der Waals surface area (Å²) in [5, 5.41) is 3.98. The zero-order valence-corrected chi connectivity index (χ0v) is 11.2. The second-order valence-corrected chi connectivity index (χ2v) is 5.03. The first-order valence-electron chi connectivity index (χ1n) is 6.80. The summed E-state index contributed by atoms with van der Waals surface area (Å²) in [5.41, 5.74) is 1.26. The predicted molar refractivity (Wildman–Crippen MR) is 72.1 cm³/mol. The molecule has 0 radical (unpaired) electrons. The van der Waals surface area contributed by atoms with Crippen molar-refractivity contribution in [2.75, 3.05) is 13.2 Å². The third-order valence-electron chi connectivity index (χ3n) is 3.65. The standard InChI is InChI=1S/C14H13N3O4/c18-14-17(10-3-1-2-4-11(10)20-14)7-12-15-13(16-21-12)9-5-6-19-8-9/h1-4,9H,5-8H2/t9-/m1/s1. The van der Waals surface area contributed by atoms with Gasteiger partial charge in [-0.15, -0.1) is 0 Å². The Morgan fingerprint density at radius 2 is 2.24 bits per heavy atom. The Morgan fingerprint density at radius 3 is 3.10 bits per heavy atom. The molecule has 0 amide bonds. The van der Waals surface area contributed by atoms with Crippen LogP contribution in [0.5, 0.6) is 0 Å². The Balaban J connectivity index is 1.65. The maximum atomic E-state index is 11.9. The molecule has 1 atom stereocenters. The second kappa shape index (κ2) is 4.85. The average molecular weight is 287 g/mol. The van der Waals surface area contributed by atoms with E-state index in [9.17, 15) is 4.79 Å². The molecule has 0 aliphatic carbocycles. The average Bonchev–Trinajstić information content (AvgIpc) is 3.20. The largest absolute Gasteiger partial charge is 0.420 e. The molecule has 0 N–H and O–H groups in total. The highest BCUT2D eigenvalue weighted by Crippen LogP contribution is 2.22. The number of benzene rings is 1. The maximum absolute atomic E-state index is 11.9. The third kappa shape index (κ3) is 2.15. The SMILES string of the molecule is O=c1oc2ccccc2n1Cc1nc([C@@H]2CCOC2)no1. The molecule has 21 heavy (non-hydrogen) atoms. The number of ether oxygens (including phenoxy) is 1. The van der Waals surface area contributed by atoms with Crippen molar-refractivity contribution in [1.82, 2.24) is 14.7 Å². The summed E-state index contributed by atoms with van der Waals surface area (Å²) in [4.78, 5) is 16.2. The summed E-state index contributed by atoms with van der Waals surface area (Å²) in [6.07, 6.45) is 0.896. The topological polar surface area (TPSA) is 83.3 Å². The zero-order valence-electron chi connectivity index (χ0n) is 11.2. The molecule has 1 aliphatic heterocycles. The molecule has 0 bridgehead atoms. The van der Waals surface area contributed by atoms with Crippen molar-refractivity contribution in [1.29, 1.82) is 0 Å². The van der Waals surface area contributed by atoms with Gasteiger partial charge in [-0.3, -0.25) is 4.57 Å². The highest BCUT2D eigenvalue weighted by molar-refractivity contribution is 5.72. The van der Waals surface area contributed by atoms with E-state index in [1.165, 1.54) is 4.57 Å². The van der Waals surface area contributed by atoms with Gasteiger partial charge in [0.1, 0.15) is 6.54 Å². The van der Waals surface area contributed by atoms with E-state index < -0.39 is 5.76 Å². The van der Waals surface area contributed by atoms with Crippen LogP contribution in [0.4, 0.5) is 0 Å². The summed E-state index contributed by atoms with van der Waals surface area (Å²) >= 11 is 0. The molecule has 1 aromatic carbocycles. The lowest BCUT2D eigenvalue weighted by atomic mass is 10.1. The van der Waals surface area contributed by atoms with Crippen molar-refractivity contribution in [2.24, 2.45) is 0 Å². The molecule has 1 saturated heterocycles. The zero-order chi connectivity index (χ0) is 14.2. The lowest BCUT2D eigenvalue weighted by Crippen LogP contribution is -2.15. The fourth-order valence-corrected chi connectivity index (χ4v) is 2.54. The number of aromatic nitrogens is 3. The van der Waals surface area contributed by atoms with Gasteiger partial charge in [-0.05, 0) is 18.6 Å². The fourth-order valence-electron chi connectivity index (χ4n) is 2.54. The van der Waals surface area contributed by atoms with E-state index in [4.69, 9.17) is 13.7 Å². The maximum Gasteiger partial charge on any atom is 0.420 e. The van der Waals surface area contributed by atoms with Gasteiger partial charge in [-0.1, -0.05) is 17.3 Å². The minimum absolute atomic E-state index is 0.181. The Hall–Kier alpha value is -2.41. The third-order valence-corrected chi connectivity index (χ3v) is 3.65. The smallest absolute Gasteiger partial charge is 0.408 e. The van der Waals surface area contributed by atoms with Gasteiger partial charge >= 0.3 is 5.76 Å². The monoisotopic (exact) mass is 287 g/mol. The van der Waals surface area contributed by atoms with Gasteiger partial charge in [0.2, 0.25) is 5.89 Å². The van der Waals surface area contributed by atoms with Crippen LogP contribution in [0.1, 0.15) is 24.1 Å². The summed E-state index contributed by atoms with van der Waals surface area (Å²) in [5.74, 6) is 0.786. The minimum Gasteiger partial charge on any atom is -0.408 e. The van der Waals surface area contributed by atoms with Crippen LogP contribution < -0.4 is 5.76 Å². The lowest BCUT2D eigenvalue weighted by molar-refractivity contribution is 0.192. The second-order valence-electron chi connectivity index (χ2n) is 5.03. The van der Waals surface area contributed by atoms with Crippen molar-refractivity contribution >= 4 is 11.1 Å². The van der Waals surface area contributed by atoms with Gasteiger partial charge in [-0.25, -0.2) is 4.79 Å². The molecule has 3 aromatic rings. The number of hydrogen-bond donors (Lipinski definition) is 0. The molecule has 4 rings (SSSR count). The summed E-state index contributed by atoms with van der Waals surface area (Å²) in [6, 6.07) is 7.24. The van der Waals surface area contributed by atoms with E-state index in [1.807, 2.05) is 18.2 Å². The van der Waals surface area contributed by atoms with Crippen molar-refractivity contribution in [3.8, 4) is 0 Å². The first kappa shape index (κ1) is 12.3. The van der Waals surface area contributed by atoms with Gasteiger partial charge < -0.3 is 13.7 Å². The number of oxazole rings is 1. The highest BCUT2D eigenvalue weighted by atomic mass is 16.5. The van der Waals surface area contributed by atoms with Crippen molar-refractivity contribution in [3.63, 3.8) is 0 Å². The molecule has 2 aromatic heterocycles. The minimum atomic E-state index is -0.430. The van der Waals surface area contributed by atoms with Gasteiger partial charge in [0.05, 0.1) is 12.1 Å². The van der Waals surface area contributed by atoms with Crippen LogP contribution in [0.3, 0.4) is 0 Å². The van der Waals surface area contributed by atoms with E-state index in [0.717, 1.165) is 13.0 Å². The number of fused-ring (bicyclic) bond motifs is 1. The van der Waals surface area contributed by atoms with Crippen LogP contribution in [-0.2, 0) is 11.3 Å². The number of para-hydroxylation sites is 2. The van der Waals surface area contributed by atoms with Crippen molar-refractivity contribution in [3.05, 3.63) is 46.5 Å². The van der Waals surface area contributed by atoms with Crippen molar-refractivity contribution < 1.29 is 13.7 Å². The summed E-state index contributed by atoms with van der Waals surface area (Å²) < 4.78 is 17.2. The molecule has 1 fully saturated rings. The number of hydrogen-bond acceptors (Lipinski definition) is 6. The Labute approximate surface area is 119 Å². The highest BCUT2D eigenvalue weighted by Gasteiger charge is 2.23. The van der Waals surface area contributed by atoms with E-state index in [2.05, 4.69) is 10.1 Å². The predicted octanol–water partition coefficient (Wildman–Crippen LogP) is 1.53. The molecule has 0 saturated carbocycles. The van der Waals surface area contributed by atoms with Crippen LogP contribution in [0.25, 0.3) is 11.1 Å². The Bertz CT molecular complexity index is 826. The van der Waals surface area contributed by atoms with E-state index in [0.29, 0.717) is 29.4 Å². The quantitative estimate of drug-likeness (QED) is 0.726. The molecular weight excluding hydrogens is 274 g/mol. The van der Waals surface area contributed by atoms with Crippen LogP contribution in [0, 0.1) is 0 Å². The summed E-state index contributed by atoms with van der Waals surface area (Å²) in [7, 11) is 0. The fraction of sp³-hybridized carbons (Fsp3) is 0.357. The van der Waals surface area contributed by atoms with Crippen LogP contribution >= 0.6 is 0 Å². The van der Waals surface area contributed by atoms with Gasteiger partial charge in [-0.2, -0.15) is 4.98 Å². The molecule has 0 unspecified atom stereocenters. The van der Waals surface area contributed by atoms with E-state index in [-0.39, 0.29) is 12.5 Å². The molecule has 7 heteroatoms. The molecule has 0 spiro atoms. The molecule has 7 nitrogen and oxygen atoms in total. The van der Waals surface area contributed by atoms with E-state index in [1.54, 1.807) is 6.07 Å². The molecule has 108 valence electrons. The van der Waals surface area contributed by atoms with Gasteiger partial charge in [0, 0.05) is 12.5 Å². The molecular formula is C14H13N3O4. The first-order valence-corrected chi connectivity index (χ1v) is 6.80. The molecule has 1 aliphatic rings. The molecule has 3 heterocycles. The van der Waals surface area contributed by atoms with Gasteiger partial charge in [0.15, 0.2) is 11.4 Å².